The predicted molar refractivity (Wildman–Crippen MR) is 115 cm³/mol. The number of sulfonamides is 1. The van der Waals surface area contributed by atoms with Crippen LogP contribution < -0.4 is 15.1 Å². The molecule has 2 fully saturated rings. The van der Waals surface area contributed by atoms with Gasteiger partial charge < -0.3 is 10.2 Å². The SMILES string of the molecule is CC(C)NC(=O)CN1C(=O)[C@@H]2CCCCN2c2ccc(S(=O)(=O)N3CCCC3)cc21. The van der Waals surface area contributed by atoms with Gasteiger partial charge in [-0.05, 0) is 64.2 Å². The fourth-order valence-corrected chi connectivity index (χ4v) is 6.19. The fourth-order valence-electron chi connectivity index (χ4n) is 4.65. The predicted octanol–water partition coefficient (Wildman–Crippen LogP) is 1.70. The zero-order valence-electron chi connectivity index (χ0n) is 17.6. The summed E-state index contributed by atoms with van der Waals surface area (Å²) in [5, 5.41) is 2.83. The summed E-state index contributed by atoms with van der Waals surface area (Å²) in [5.41, 5.74) is 1.34. The van der Waals surface area contributed by atoms with E-state index in [1.807, 2.05) is 13.8 Å². The second kappa shape index (κ2) is 8.19. The number of nitrogens with zero attached hydrogens (tertiary/aromatic N) is 3. The van der Waals surface area contributed by atoms with Crippen molar-refractivity contribution in [1.29, 1.82) is 0 Å². The molecule has 1 aromatic rings. The third kappa shape index (κ3) is 3.80. The van der Waals surface area contributed by atoms with Crippen LogP contribution in [0.4, 0.5) is 11.4 Å². The maximum atomic E-state index is 13.3. The summed E-state index contributed by atoms with van der Waals surface area (Å²) in [5.74, 6) is -0.377. The number of carbonyl (C=O) groups excluding carboxylic acids is 2. The molecule has 3 aliphatic rings. The van der Waals surface area contributed by atoms with Crippen molar-refractivity contribution in [2.45, 2.75) is 62.9 Å². The van der Waals surface area contributed by atoms with E-state index in [1.54, 1.807) is 18.2 Å². The molecule has 3 aliphatic heterocycles. The molecular formula is C21H30N4O4S. The third-order valence-corrected chi connectivity index (χ3v) is 7.95. The molecule has 4 rings (SSSR count). The van der Waals surface area contributed by atoms with Gasteiger partial charge in [0.1, 0.15) is 12.6 Å². The summed E-state index contributed by atoms with van der Waals surface area (Å²) in [6.45, 7) is 5.43. The molecule has 30 heavy (non-hydrogen) atoms. The van der Waals surface area contributed by atoms with Gasteiger partial charge >= 0.3 is 0 Å². The van der Waals surface area contributed by atoms with Crippen LogP contribution in [0.3, 0.4) is 0 Å². The van der Waals surface area contributed by atoms with Crippen molar-refractivity contribution in [1.82, 2.24) is 9.62 Å². The Morgan fingerprint density at radius 1 is 1.10 bits per heavy atom. The Morgan fingerprint density at radius 2 is 1.80 bits per heavy atom. The molecular weight excluding hydrogens is 404 g/mol. The highest BCUT2D eigenvalue weighted by molar-refractivity contribution is 7.89. The van der Waals surface area contributed by atoms with Crippen molar-refractivity contribution < 1.29 is 18.0 Å². The summed E-state index contributed by atoms with van der Waals surface area (Å²) in [6.07, 6.45) is 4.42. The lowest BCUT2D eigenvalue weighted by Crippen LogP contribution is -2.57. The molecule has 2 amide bonds. The average Bonchev–Trinajstić information content (AvgIpc) is 3.26. The number of hydrogen-bond donors (Lipinski definition) is 1. The second-order valence-corrected chi connectivity index (χ2v) is 10.6. The van der Waals surface area contributed by atoms with Crippen molar-refractivity contribution >= 4 is 33.2 Å². The molecule has 1 N–H and O–H groups in total. The van der Waals surface area contributed by atoms with E-state index in [1.165, 1.54) is 9.21 Å². The number of hydrogen-bond acceptors (Lipinski definition) is 5. The van der Waals surface area contributed by atoms with Crippen molar-refractivity contribution in [3.63, 3.8) is 0 Å². The Labute approximate surface area is 178 Å². The molecule has 9 heteroatoms. The zero-order chi connectivity index (χ0) is 21.5. The molecule has 2 saturated heterocycles. The quantitative estimate of drug-likeness (QED) is 0.762. The van der Waals surface area contributed by atoms with Crippen LogP contribution in [-0.2, 0) is 19.6 Å². The Bertz CT molecular complexity index is 940. The van der Waals surface area contributed by atoms with Crippen LogP contribution in [0, 0.1) is 0 Å². The summed E-state index contributed by atoms with van der Waals surface area (Å²) in [4.78, 5) is 29.5. The van der Waals surface area contributed by atoms with E-state index in [0.29, 0.717) is 18.8 Å². The van der Waals surface area contributed by atoms with Gasteiger partial charge in [-0.15, -0.1) is 0 Å². The largest absolute Gasteiger partial charge is 0.358 e. The van der Waals surface area contributed by atoms with E-state index in [0.717, 1.165) is 44.3 Å². The van der Waals surface area contributed by atoms with Crippen LogP contribution in [0.2, 0.25) is 0 Å². The minimum Gasteiger partial charge on any atom is -0.358 e. The molecule has 3 heterocycles. The Balaban J connectivity index is 1.74. The van der Waals surface area contributed by atoms with Crippen LogP contribution in [0.5, 0.6) is 0 Å². The van der Waals surface area contributed by atoms with Gasteiger partial charge in [0.05, 0.1) is 16.3 Å². The third-order valence-electron chi connectivity index (χ3n) is 6.06. The first-order valence-corrected chi connectivity index (χ1v) is 12.2. The number of amides is 2. The Kier molecular flexibility index (Phi) is 5.76. The van der Waals surface area contributed by atoms with Crippen LogP contribution in [0.1, 0.15) is 46.0 Å². The molecule has 164 valence electrons. The molecule has 1 aromatic carbocycles. The molecule has 0 bridgehead atoms. The number of piperidine rings is 1. The lowest BCUT2D eigenvalue weighted by atomic mass is 9.96. The highest BCUT2D eigenvalue weighted by Crippen LogP contribution is 2.41. The molecule has 0 aromatic heterocycles. The van der Waals surface area contributed by atoms with Crippen LogP contribution >= 0.6 is 0 Å². The van der Waals surface area contributed by atoms with Crippen molar-refractivity contribution in [3.05, 3.63) is 18.2 Å². The molecule has 0 radical (unpaired) electrons. The van der Waals surface area contributed by atoms with Crippen LogP contribution in [0.15, 0.2) is 23.1 Å². The summed E-state index contributed by atoms with van der Waals surface area (Å²) >= 11 is 0. The number of rotatable bonds is 5. The minimum absolute atomic E-state index is 0.0371. The van der Waals surface area contributed by atoms with Gasteiger partial charge in [-0.3, -0.25) is 14.5 Å². The lowest BCUT2D eigenvalue weighted by molar-refractivity contribution is -0.125. The van der Waals surface area contributed by atoms with Crippen LogP contribution in [-0.4, -0.2) is 62.8 Å². The van der Waals surface area contributed by atoms with E-state index in [9.17, 15) is 18.0 Å². The van der Waals surface area contributed by atoms with Gasteiger partial charge in [0.25, 0.3) is 0 Å². The first-order chi connectivity index (χ1) is 14.3. The van der Waals surface area contributed by atoms with E-state index >= 15 is 0 Å². The normalized spacial score (nSPS) is 22.2. The molecule has 8 nitrogen and oxygen atoms in total. The summed E-state index contributed by atoms with van der Waals surface area (Å²) in [7, 11) is -3.61. The smallest absolute Gasteiger partial charge is 0.250 e. The Morgan fingerprint density at radius 3 is 2.50 bits per heavy atom. The fraction of sp³-hybridized carbons (Fsp3) is 0.619. The highest BCUT2D eigenvalue weighted by Gasteiger charge is 2.41. The first kappa shape index (κ1) is 21.1. The average molecular weight is 435 g/mol. The van der Waals surface area contributed by atoms with Crippen molar-refractivity contribution in [2.24, 2.45) is 0 Å². The topological polar surface area (TPSA) is 90.0 Å². The molecule has 1 atom stereocenters. The van der Waals surface area contributed by atoms with Crippen molar-refractivity contribution in [2.75, 3.05) is 36.0 Å². The lowest BCUT2D eigenvalue weighted by Gasteiger charge is -2.45. The number of benzene rings is 1. The van der Waals surface area contributed by atoms with Gasteiger partial charge in [0, 0.05) is 25.7 Å². The molecule has 0 spiro atoms. The van der Waals surface area contributed by atoms with E-state index < -0.39 is 10.0 Å². The van der Waals surface area contributed by atoms with E-state index in [-0.39, 0.29) is 35.3 Å². The number of nitrogens with one attached hydrogen (secondary N) is 1. The number of carbonyl (C=O) groups is 2. The molecule has 0 unspecified atom stereocenters. The van der Waals surface area contributed by atoms with Gasteiger partial charge in [-0.2, -0.15) is 4.31 Å². The standard InChI is InChI=1S/C21H30N4O4S/c1-15(2)22-20(26)14-25-19-13-16(30(28,29)23-10-5-6-11-23)8-9-17(19)24-12-4-3-7-18(24)21(25)27/h8-9,13,15,18H,3-7,10-12,14H2,1-2H3,(H,22,26)/t18-/m0/s1. The zero-order valence-corrected chi connectivity index (χ0v) is 18.5. The maximum absolute atomic E-state index is 13.3. The number of fused-ring (bicyclic) bond motifs is 3. The van der Waals surface area contributed by atoms with Crippen LogP contribution in [0.25, 0.3) is 0 Å². The van der Waals surface area contributed by atoms with E-state index in [4.69, 9.17) is 0 Å². The van der Waals surface area contributed by atoms with Gasteiger partial charge in [-0.25, -0.2) is 8.42 Å². The summed E-state index contributed by atoms with van der Waals surface area (Å²) in [6, 6.07) is 4.69. The highest BCUT2D eigenvalue weighted by atomic mass is 32.2. The van der Waals surface area contributed by atoms with E-state index in [2.05, 4.69) is 10.2 Å². The maximum Gasteiger partial charge on any atom is 0.250 e. The monoisotopic (exact) mass is 434 g/mol. The van der Waals surface area contributed by atoms with Gasteiger partial charge in [-0.1, -0.05) is 0 Å². The molecule has 0 saturated carbocycles. The number of anilines is 2. The second-order valence-electron chi connectivity index (χ2n) is 8.61. The minimum atomic E-state index is -3.61. The first-order valence-electron chi connectivity index (χ1n) is 10.8. The van der Waals surface area contributed by atoms with Gasteiger partial charge in [0.15, 0.2) is 0 Å². The summed E-state index contributed by atoms with van der Waals surface area (Å²) < 4.78 is 27.7. The van der Waals surface area contributed by atoms with Gasteiger partial charge in [0.2, 0.25) is 21.8 Å². The van der Waals surface area contributed by atoms with Crippen molar-refractivity contribution in [3.8, 4) is 0 Å². The molecule has 0 aliphatic carbocycles. The Hall–Kier alpha value is -2.13.